The Labute approximate surface area is 119 Å². The fourth-order valence-corrected chi connectivity index (χ4v) is 2.01. The Bertz CT molecular complexity index is 537. The second-order valence-corrected chi connectivity index (χ2v) is 4.50. The first kappa shape index (κ1) is 13.3. The number of hydrogen-bond acceptors (Lipinski definition) is 1. The summed E-state index contributed by atoms with van der Waals surface area (Å²) in [7, 11) is 0. The Hall–Kier alpha value is -2.13. The van der Waals surface area contributed by atoms with Gasteiger partial charge in [0.2, 0.25) is 0 Å². The lowest BCUT2D eigenvalue weighted by Gasteiger charge is -2.18. The number of para-hydroxylation sites is 1. The zero-order chi connectivity index (χ0) is 13.5. The summed E-state index contributed by atoms with van der Waals surface area (Å²) in [6.45, 7) is 3.85. The zero-order valence-electron chi connectivity index (χ0n) is 10.5. The number of thiocarbonyl (C=S) groups is 1. The third-order valence-corrected chi connectivity index (χ3v) is 2.93. The average molecular weight is 268 g/mol. The predicted molar refractivity (Wildman–Crippen MR) is 85.2 cm³/mol. The maximum Gasteiger partial charge on any atom is 0.171 e. The molecular formula is C16H16N2S. The largest absolute Gasteiger partial charge is 0.352 e. The summed E-state index contributed by atoms with van der Waals surface area (Å²) < 4.78 is 0. The van der Waals surface area contributed by atoms with Crippen molar-refractivity contribution in [2.45, 2.75) is 6.04 Å². The van der Waals surface area contributed by atoms with Crippen LogP contribution in [0.3, 0.4) is 0 Å². The summed E-state index contributed by atoms with van der Waals surface area (Å²) in [5.41, 5.74) is 2.10. The molecule has 0 aliphatic heterocycles. The van der Waals surface area contributed by atoms with E-state index in [-0.39, 0.29) is 6.04 Å². The molecule has 96 valence electrons. The molecule has 0 saturated heterocycles. The molecule has 1 unspecified atom stereocenters. The SMILES string of the molecule is C=CC(NC(=S)Nc1ccccc1)c1ccccc1. The number of anilines is 1. The minimum atomic E-state index is 0.00455. The lowest BCUT2D eigenvalue weighted by Crippen LogP contribution is -2.31. The quantitative estimate of drug-likeness (QED) is 0.649. The molecule has 0 bridgehead atoms. The Morgan fingerprint density at radius 2 is 1.58 bits per heavy atom. The van der Waals surface area contributed by atoms with Gasteiger partial charge >= 0.3 is 0 Å². The summed E-state index contributed by atoms with van der Waals surface area (Å²) in [5, 5.41) is 6.97. The molecule has 2 aromatic rings. The van der Waals surface area contributed by atoms with Gasteiger partial charge in [-0.05, 0) is 29.9 Å². The molecule has 0 radical (unpaired) electrons. The van der Waals surface area contributed by atoms with Gasteiger partial charge in [-0.15, -0.1) is 6.58 Å². The van der Waals surface area contributed by atoms with Crippen molar-refractivity contribution in [3.8, 4) is 0 Å². The van der Waals surface area contributed by atoms with Crippen LogP contribution in [0.2, 0.25) is 0 Å². The van der Waals surface area contributed by atoms with E-state index in [2.05, 4.69) is 17.2 Å². The predicted octanol–water partition coefficient (Wildman–Crippen LogP) is 3.90. The Morgan fingerprint density at radius 3 is 2.16 bits per heavy atom. The molecule has 19 heavy (non-hydrogen) atoms. The highest BCUT2D eigenvalue weighted by Crippen LogP contribution is 2.13. The second kappa shape index (κ2) is 6.71. The van der Waals surface area contributed by atoms with Gasteiger partial charge < -0.3 is 10.6 Å². The number of benzene rings is 2. The lowest BCUT2D eigenvalue weighted by molar-refractivity contribution is 0.800. The van der Waals surface area contributed by atoms with Crippen molar-refractivity contribution in [1.82, 2.24) is 5.32 Å². The van der Waals surface area contributed by atoms with Crippen molar-refractivity contribution in [2.24, 2.45) is 0 Å². The Morgan fingerprint density at radius 1 is 1.00 bits per heavy atom. The summed E-state index contributed by atoms with van der Waals surface area (Å²) in [4.78, 5) is 0. The molecule has 1 atom stereocenters. The molecule has 0 fully saturated rings. The molecule has 0 saturated carbocycles. The van der Waals surface area contributed by atoms with Crippen LogP contribution in [0.1, 0.15) is 11.6 Å². The van der Waals surface area contributed by atoms with Crippen molar-refractivity contribution in [2.75, 3.05) is 5.32 Å². The molecule has 0 aliphatic rings. The fourth-order valence-electron chi connectivity index (χ4n) is 1.77. The smallest absolute Gasteiger partial charge is 0.171 e. The lowest BCUT2D eigenvalue weighted by atomic mass is 10.1. The molecular weight excluding hydrogens is 252 g/mol. The summed E-state index contributed by atoms with van der Waals surface area (Å²) in [6.07, 6.45) is 1.84. The van der Waals surface area contributed by atoms with Crippen LogP contribution in [-0.4, -0.2) is 5.11 Å². The minimum absolute atomic E-state index is 0.00455. The number of nitrogens with one attached hydrogen (secondary N) is 2. The average Bonchev–Trinajstić information content (AvgIpc) is 2.47. The molecule has 0 aromatic heterocycles. The summed E-state index contributed by atoms with van der Waals surface area (Å²) in [6, 6.07) is 19.9. The van der Waals surface area contributed by atoms with E-state index in [4.69, 9.17) is 12.2 Å². The topological polar surface area (TPSA) is 24.1 Å². The molecule has 2 rings (SSSR count). The number of hydrogen-bond donors (Lipinski definition) is 2. The van der Waals surface area contributed by atoms with Crippen LogP contribution in [0, 0.1) is 0 Å². The van der Waals surface area contributed by atoms with Crippen molar-refractivity contribution in [1.29, 1.82) is 0 Å². The van der Waals surface area contributed by atoms with E-state index >= 15 is 0 Å². The van der Waals surface area contributed by atoms with Crippen LogP contribution >= 0.6 is 12.2 Å². The van der Waals surface area contributed by atoms with E-state index in [9.17, 15) is 0 Å². The van der Waals surface area contributed by atoms with Gasteiger partial charge in [0.1, 0.15) is 0 Å². The molecule has 2 aromatic carbocycles. The van der Waals surface area contributed by atoms with Crippen molar-refractivity contribution in [3.63, 3.8) is 0 Å². The number of rotatable bonds is 4. The highest BCUT2D eigenvalue weighted by Gasteiger charge is 2.07. The normalized spacial score (nSPS) is 11.4. The minimum Gasteiger partial charge on any atom is -0.352 e. The molecule has 2 N–H and O–H groups in total. The first-order valence-electron chi connectivity index (χ1n) is 6.09. The van der Waals surface area contributed by atoms with Crippen LogP contribution in [0.25, 0.3) is 0 Å². The van der Waals surface area contributed by atoms with E-state index in [1.807, 2.05) is 66.7 Å². The zero-order valence-corrected chi connectivity index (χ0v) is 11.4. The van der Waals surface area contributed by atoms with Crippen LogP contribution < -0.4 is 10.6 Å². The van der Waals surface area contributed by atoms with Gasteiger partial charge in [-0.1, -0.05) is 54.6 Å². The van der Waals surface area contributed by atoms with Gasteiger partial charge in [0.05, 0.1) is 6.04 Å². The third-order valence-electron chi connectivity index (χ3n) is 2.71. The Balaban J connectivity index is 1.99. The van der Waals surface area contributed by atoms with Crippen LogP contribution in [0.4, 0.5) is 5.69 Å². The molecule has 2 nitrogen and oxygen atoms in total. The molecule has 0 aliphatic carbocycles. The molecule has 0 amide bonds. The van der Waals surface area contributed by atoms with E-state index in [1.54, 1.807) is 0 Å². The second-order valence-electron chi connectivity index (χ2n) is 4.09. The van der Waals surface area contributed by atoms with Gasteiger partial charge in [0.15, 0.2) is 5.11 Å². The van der Waals surface area contributed by atoms with Crippen molar-refractivity contribution < 1.29 is 0 Å². The van der Waals surface area contributed by atoms with Crippen LogP contribution in [-0.2, 0) is 0 Å². The molecule has 3 heteroatoms. The van der Waals surface area contributed by atoms with Gasteiger partial charge in [0, 0.05) is 5.69 Å². The summed E-state index contributed by atoms with van der Waals surface area (Å²) in [5.74, 6) is 0. The van der Waals surface area contributed by atoms with E-state index < -0.39 is 0 Å². The first-order chi connectivity index (χ1) is 9.29. The standard InChI is InChI=1S/C16H16N2S/c1-2-15(13-9-5-3-6-10-13)18-16(19)17-14-11-7-4-8-12-14/h2-12,15H,1H2,(H2,17,18,19). The van der Waals surface area contributed by atoms with Crippen LogP contribution in [0.5, 0.6) is 0 Å². The fraction of sp³-hybridized carbons (Fsp3) is 0.0625. The third kappa shape index (κ3) is 3.93. The van der Waals surface area contributed by atoms with Gasteiger partial charge in [-0.3, -0.25) is 0 Å². The summed E-state index contributed by atoms with van der Waals surface area (Å²) >= 11 is 5.31. The van der Waals surface area contributed by atoms with Gasteiger partial charge in [-0.25, -0.2) is 0 Å². The van der Waals surface area contributed by atoms with Crippen molar-refractivity contribution in [3.05, 3.63) is 78.9 Å². The highest BCUT2D eigenvalue weighted by molar-refractivity contribution is 7.80. The maximum atomic E-state index is 5.31. The maximum absolute atomic E-state index is 5.31. The van der Waals surface area contributed by atoms with Gasteiger partial charge in [-0.2, -0.15) is 0 Å². The van der Waals surface area contributed by atoms with E-state index in [1.165, 1.54) is 0 Å². The highest BCUT2D eigenvalue weighted by atomic mass is 32.1. The Kier molecular flexibility index (Phi) is 4.70. The first-order valence-corrected chi connectivity index (χ1v) is 6.50. The molecule has 0 spiro atoms. The monoisotopic (exact) mass is 268 g/mol. The molecule has 0 heterocycles. The van der Waals surface area contributed by atoms with E-state index in [0.717, 1.165) is 11.3 Å². The van der Waals surface area contributed by atoms with Crippen molar-refractivity contribution >= 4 is 23.0 Å². The van der Waals surface area contributed by atoms with E-state index in [0.29, 0.717) is 5.11 Å². The van der Waals surface area contributed by atoms with Crippen LogP contribution in [0.15, 0.2) is 73.3 Å². The van der Waals surface area contributed by atoms with Gasteiger partial charge in [0.25, 0.3) is 0 Å².